The van der Waals surface area contributed by atoms with Gasteiger partial charge in [0, 0.05) is 12.6 Å². The van der Waals surface area contributed by atoms with E-state index in [0.717, 1.165) is 0 Å². The number of fused-ring (bicyclic) bond motifs is 1. The molecular weight excluding hydrogens is 424 g/mol. The fourth-order valence-corrected chi connectivity index (χ4v) is 6.24. The van der Waals surface area contributed by atoms with Gasteiger partial charge < -0.3 is 24.7 Å². The zero-order valence-corrected chi connectivity index (χ0v) is 19.3. The largest absolute Gasteiger partial charge is 0.481 e. The standard InChI is InChI=1S/C25H32N2O6/c1-5-13-26(15(2)3)22(30)20-25-12-11-24(4,33-25)19(23(31)32)18(25)21(29)27(20)17(14-28)16-9-7-6-8-10-16/h5-10,15,17-20,28H,1,11-14H2,2-4H3,(H,31,32)/t17-,18+,19-,20?,24+,25?/m1/s1. The molecule has 2 bridgehead atoms. The number of hydrogen-bond acceptors (Lipinski definition) is 5. The quantitative estimate of drug-likeness (QED) is 0.580. The number of aliphatic hydroxyl groups excluding tert-OH is 1. The predicted molar refractivity (Wildman–Crippen MR) is 120 cm³/mol. The monoisotopic (exact) mass is 456 g/mol. The van der Waals surface area contributed by atoms with Crippen molar-refractivity contribution < 1.29 is 29.3 Å². The van der Waals surface area contributed by atoms with E-state index in [2.05, 4.69) is 6.58 Å². The molecule has 8 heteroatoms. The molecule has 33 heavy (non-hydrogen) atoms. The molecule has 0 aliphatic carbocycles. The highest BCUT2D eigenvalue weighted by atomic mass is 16.5. The van der Waals surface area contributed by atoms with Crippen molar-refractivity contribution in [2.24, 2.45) is 11.8 Å². The molecule has 0 saturated carbocycles. The minimum absolute atomic E-state index is 0.170. The molecule has 2 N–H and O–H groups in total. The summed E-state index contributed by atoms with van der Waals surface area (Å²) in [4.78, 5) is 43.4. The topological polar surface area (TPSA) is 107 Å². The molecule has 0 radical (unpaired) electrons. The second-order valence-electron chi connectivity index (χ2n) is 9.79. The van der Waals surface area contributed by atoms with Gasteiger partial charge in [0.2, 0.25) is 11.8 Å². The molecular formula is C25H32N2O6. The van der Waals surface area contributed by atoms with E-state index in [-0.39, 0.29) is 18.5 Å². The third-order valence-electron chi connectivity index (χ3n) is 7.64. The molecule has 1 aromatic rings. The number of carbonyl (C=O) groups is 3. The Morgan fingerprint density at radius 3 is 2.52 bits per heavy atom. The van der Waals surface area contributed by atoms with Gasteiger partial charge in [0.25, 0.3) is 0 Å². The van der Waals surface area contributed by atoms with Crippen LogP contribution in [0.15, 0.2) is 43.0 Å². The third-order valence-corrected chi connectivity index (χ3v) is 7.64. The summed E-state index contributed by atoms with van der Waals surface area (Å²) in [6.07, 6.45) is 2.48. The van der Waals surface area contributed by atoms with Crippen LogP contribution < -0.4 is 0 Å². The minimum atomic E-state index is -1.25. The van der Waals surface area contributed by atoms with Crippen molar-refractivity contribution in [3.63, 3.8) is 0 Å². The van der Waals surface area contributed by atoms with E-state index in [0.29, 0.717) is 18.4 Å². The summed E-state index contributed by atoms with van der Waals surface area (Å²) in [5.41, 5.74) is -1.59. The third kappa shape index (κ3) is 3.30. The second-order valence-corrected chi connectivity index (χ2v) is 9.79. The van der Waals surface area contributed by atoms with Gasteiger partial charge in [-0.15, -0.1) is 6.58 Å². The van der Waals surface area contributed by atoms with E-state index in [1.165, 1.54) is 4.90 Å². The van der Waals surface area contributed by atoms with Crippen molar-refractivity contribution in [2.45, 2.75) is 62.9 Å². The lowest BCUT2D eigenvalue weighted by atomic mass is 9.66. The second kappa shape index (κ2) is 8.25. The highest BCUT2D eigenvalue weighted by Gasteiger charge is 2.79. The van der Waals surface area contributed by atoms with Gasteiger partial charge in [0.15, 0.2) is 0 Å². The number of likely N-dealkylation sites (tertiary alicyclic amines) is 1. The maximum absolute atomic E-state index is 14.1. The summed E-state index contributed by atoms with van der Waals surface area (Å²) < 4.78 is 6.42. The minimum Gasteiger partial charge on any atom is -0.481 e. The van der Waals surface area contributed by atoms with Crippen LogP contribution in [0.3, 0.4) is 0 Å². The molecule has 4 rings (SSSR count). The average Bonchev–Trinajstić information content (AvgIpc) is 3.34. The summed E-state index contributed by atoms with van der Waals surface area (Å²) in [6, 6.07) is 7.01. The smallest absolute Gasteiger partial charge is 0.310 e. The highest BCUT2D eigenvalue weighted by Crippen LogP contribution is 2.64. The Morgan fingerprint density at radius 1 is 1.30 bits per heavy atom. The summed E-state index contributed by atoms with van der Waals surface area (Å²) in [5.74, 6) is -3.91. The lowest BCUT2D eigenvalue weighted by Gasteiger charge is -2.40. The first-order valence-corrected chi connectivity index (χ1v) is 11.4. The van der Waals surface area contributed by atoms with Crippen LogP contribution in [-0.4, -0.2) is 74.2 Å². The van der Waals surface area contributed by atoms with Crippen molar-refractivity contribution in [2.75, 3.05) is 13.2 Å². The van der Waals surface area contributed by atoms with Crippen molar-refractivity contribution in [1.29, 1.82) is 0 Å². The Kier molecular flexibility index (Phi) is 5.87. The molecule has 8 nitrogen and oxygen atoms in total. The van der Waals surface area contributed by atoms with Gasteiger partial charge >= 0.3 is 5.97 Å². The van der Waals surface area contributed by atoms with E-state index >= 15 is 0 Å². The van der Waals surface area contributed by atoms with E-state index in [1.54, 1.807) is 42.2 Å². The number of benzene rings is 1. The van der Waals surface area contributed by atoms with Crippen LogP contribution in [-0.2, 0) is 19.1 Å². The summed E-state index contributed by atoms with van der Waals surface area (Å²) in [6.45, 7) is 9.13. The fraction of sp³-hybridized carbons (Fsp3) is 0.560. The van der Waals surface area contributed by atoms with Crippen LogP contribution in [0, 0.1) is 11.8 Å². The molecule has 3 saturated heterocycles. The van der Waals surface area contributed by atoms with Crippen LogP contribution >= 0.6 is 0 Å². The first kappa shape index (κ1) is 23.4. The Balaban J connectivity index is 1.88. The van der Waals surface area contributed by atoms with Crippen LogP contribution in [0.25, 0.3) is 0 Å². The van der Waals surface area contributed by atoms with E-state index in [1.807, 2.05) is 19.9 Å². The molecule has 0 aromatic heterocycles. The number of nitrogens with zero attached hydrogens (tertiary/aromatic N) is 2. The molecule has 3 fully saturated rings. The molecule has 3 heterocycles. The zero-order chi connectivity index (χ0) is 24.1. The summed E-state index contributed by atoms with van der Waals surface area (Å²) in [5, 5.41) is 20.4. The lowest BCUT2D eigenvalue weighted by molar-refractivity contribution is -0.159. The van der Waals surface area contributed by atoms with Crippen molar-refractivity contribution in [3.8, 4) is 0 Å². The molecule has 3 aliphatic heterocycles. The number of carbonyl (C=O) groups excluding carboxylic acids is 2. The summed E-state index contributed by atoms with van der Waals surface area (Å²) >= 11 is 0. The summed E-state index contributed by atoms with van der Waals surface area (Å²) in [7, 11) is 0. The molecule has 1 aromatic carbocycles. The Morgan fingerprint density at radius 2 is 1.97 bits per heavy atom. The number of aliphatic carboxylic acids is 1. The number of amides is 2. The van der Waals surface area contributed by atoms with E-state index in [9.17, 15) is 24.6 Å². The van der Waals surface area contributed by atoms with Gasteiger partial charge in [-0.1, -0.05) is 36.4 Å². The van der Waals surface area contributed by atoms with Gasteiger partial charge in [0.05, 0.1) is 30.1 Å². The van der Waals surface area contributed by atoms with Crippen molar-refractivity contribution >= 4 is 17.8 Å². The number of carboxylic acids is 1. The number of hydrogen-bond donors (Lipinski definition) is 2. The Labute approximate surface area is 193 Å². The Bertz CT molecular complexity index is 965. The van der Waals surface area contributed by atoms with Gasteiger partial charge in [-0.3, -0.25) is 14.4 Å². The van der Waals surface area contributed by atoms with Crippen LogP contribution in [0.2, 0.25) is 0 Å². The van der Waals surface area contributed by atoms with Gasteiger partial charge in [-0.05, 0) is 39.2 Å². The molecule has 6 atom stereocenters. The molecule has 1 spiro atoms. The maximum atomic E-state index is 14.1. The Hall–Kier alpha value is -2.71. The van der Waals surface area contributed by atoms with Gasteiger partial charge in [0.1, 0.15) is 11.6 Å². The SMILES string of the molecule is C=CCN(C(=O)C1N([C@H](CO)c2ccccc2)C(=O)[C@@H]2[C@H](C(=O)O)[C@]3(C)CCC12O3)C(C)C. The fourth-order valence-electron chi connectivity index (χ4n) is 6.24. The molecule has 178 valence electrons. The van der Waals surface area contributed by atoms with Crippen LogP contribution in [0.1, 0.15) is 45.2 Å². The number of aliphatic hydroxyl groups is 1. The molecule has 2 unspecified atom stereocenters. The zero-order valence-electron chi connectivity index (χ0n) is 19.3. The van der Waals surface area contributed by atoms with E-state index in [4.69, 9.17) is 4.74 Å². The van der Waals surface area contributed by atoms with Crippen LogP contribution in [0.4, 0.5) is 0 Å². The first-order chi connectivity index (χ1) is 15.6. The lowest BCUT2D eigenvalue weighted by Crippen LogP contribution is -2.58. The van der Waals surface area contributed by atoms with Crippen molar-refractivity contribution in [1.82, 2.24) is 9.80 Å². The molecule has 2 amide bonds. The first-order valence-electron chi connectivity index (χ1n) is 11.4. The van der Waals surface area contributed by atoms with E-state index < -0.39 is 53.6 Å². The average molecular weight is 457 g/mol. The molecule has 3 aliphatic rings. The van der Waals surface area contributed by atoms with Gasteiger partial charge in [-0.2, -0.15) is 0 Å². The van der Waals surface area contributed by atoms with Crippen LogP contribution in [0.5, 0.6) is 0 Å². The highest BCUT2D eigenvalue weighted by molar-refractivity contribution is 5.98. The number of carboxylic acid groups (broad SMARTS) is 1. The number of rotatable bonds is 8. The maximum Gasteiger partial charge on any atom is 0.310 e. The normalized spacial score (nSPS) is 33.3. The van der Waals surface area contributed by atoms with Gasteiger partial charge in [-0.25, -0.2) is 0 Å². The predicted octanol–water partition coefficient (Wildman–Crippen LogP) is 1.99. The number of ether oxygens (including phenoxy) is 1. The van der Waals surface area contributed by atoms with Crippen molar-refractivity contribution in [3.05, 3.63) is 48.6 Å².